The molecule has 0 heterocycles. The van der Waals surface area contributed by atoms with E-state index in [1.807, 2.05) is 6.07 Å². The predicted octanol–water partition coefficient (Wildman–Crippen LogP) is 10.4. The van der Waals surface area contributed by atoms with Gasteiger partial charge in [0.05, 0.1) is 0 Å². The van der Waals surface area contributed by atoms with E-state index in [1.54, 1.807) is 35.4 Å². The van der Waals surface area contributed by atoms with E-state index in [9.17, 15) is 0 Å². The minimum Gasteiger partial charge on any atom is -0.508 e. The Kier molecular flexibility index (Phi) is 19.6. The molecule has 0 fully saturated rings. The molecule has 0 aliphatic carbocycles. The van der Waals surface area contributed by atoms with Gasteiger partial charge in [-0.25, -0.2) is 0 Å². The van der Waals surface area contributed by atoms with Gasteiger partial charge in [-0.2, -0.15) is 0 Å². The Hall–Kier alpha value is -1.76. The van der Waals surface area contributed by atoms with Crippen LogP contribution >= 0.6 is 0 Å². The minimum atomic E-state index is 0.322. The van der Waals surface area contributed by atoms with Crippen molar-refractivity contribution in [2.45, 2.75) is 129 Å². The summed E-state index contributed by atoms with van der Waals surface area (Å²) in [7, 11) is 0. The van der Waals surface area contributed by atoms with E-state index >= 15 is 0 Å². The number of aryl methyl sites for hydroxylation is 2. The molecule has 0 unspecified atom stereocenters. The molecule has 0 aliphatic heterocycles. The van der Waals surface area contributed by atoms with Crippen molar-refractivity contribution >= 4 is 0 Å². The van der Waals surface area contributed by atoms with Crippen LogP contribution in [0.4, 0.5) is 0 Å². The SMILES string of the molecule is CCCCCCCCCCc1ccccc1CCCCCCCCCC.Oc1ccccc1. The van der Waals surface area contributed by atoms with E-state index < -0.39 is 0 Å². The molecule has 0 bridgehead atoms. The molecule has 1 nitrogen and oxygen atoms in total. The van der Waals surface area contributed by atoms with Crippen LogP contribution < -0.4 is 0 Å². The van der Waals surface area contributed by atoms with Gasteiger partial charge < -0.3 is 5.11 Å². The molecule has 1 heteroatoms. The molecule has 2 aromatic carbocycles. The quantitative estimate of drug-likeness (QED) is 0.223. The average Bonchev–Trinajstić information content (AvgIpc) is 2.84. The van der Waals surface area contributed by atoms with Gasteiger partial charge >= 0.3 is 0 Å². The first-order valence-corrected chi connectivity index (χ1v) is 14.1. The molecule has 0 atom stereocenters. The van der Waals surface area contributed by atoms with Gasteiger partial charge in [0.25, 0.3) is 0 Å². The highest BCUT2D eigenvalue weighted by molar-refractivity contribution is 5.27. The van der Waals surface area contributed by atoms with Gasteiger partial charge in [-0.1, -0.05) is 146 Å². The Bertz CT molecular complexity index is 610. The van der Waals surface area contributed by atoms with Crippen LogP contribution in [0.25, 0.3) is 0 Å². The molecule has 33 heavy (non-hydrogen) atoms. The first-order chi connectivity index (χ1) is 16.3. The zero-order chi connectivity index (χ0) is 23.8. The summed E-state index contributed by atoms with van der Waals surface area (Å²) in [5.74, 6) is 0.322. The van der Waals surface area contributed by atoms with E-state index in [1.165, 1.54) is 116 Å². The smallest absolute Gasteiger partial charge is 0.115 e. The summed E-state index contributed by atoms with van der Waals surface area (Å²) in [6.45, 7) is 4.59. The maximum atomic E-state index is 8.63. The third kappa shape index (κ3) is 17.4. The number of benzene rings is 2. The molecule has 0 saturated heterocycles. The highest BCUT2D eigenvalue weighted by Crippen LogP contribution is 2.18. The molecule has 1 N–H and O–H groups in total. The van der Waals surface area contributed by atoms with Gasteiger partial charge in [0.1, 0.15) is 5.75 Å². The summed E-state index contributed by atoms with van der Waals surface area (Å²) < 4.78 is 0. The molecule has 0 saturated carbocycles. The van der Waals surface area contributed by atoms with E-state index in [0.717, 1.165) is 0 Å². The lowest BCUT2D eigenvalue weighted by Crippen LogP contribution is -1.95. The number of phenolic OH excluding ortho intramolecular Hbond substituents is 1. The van der Waals surface area contributed by atoms with E-state index in [-0.39, 0.29) is 0 Å². The number of aromatic hydroxyl groups is 1. The molecular weight excluding hydrogens is 400 g/mol. The number of phenols is 1. The number of para-hydroxylation sites is 1. The topological polar surface area (TPSA) is 20.2 Å². The average molecular weight is 453 g/mol. The molecular formula is C32H52O. The lowest BCUT2D eigenvalue weighted by molar-refractivity contribution is 0.475. The molecule has 0 aromatic heterocycles. The summed E-state index contributed by atoms with van der Waals surface area (Å²) in [5, 5.41) is 8.63. The third-order valence-electron chi connectivity index (χ3n) is 6.47. The Morgan fingerprint density at radius 1 is 0.424 bits per heavy atom. The fourth-order valence-electron chi connectivity index (χ4n) is 4.37. The highest BCUT2D eigenvalue weighted by atomic mass is 16.3. The Balaban J connectivity index is 0.000000657. The van der Waals surface area contributed by atoms with Crippen LogP contribution in [0.5, 0.6) is 5.75 Å². The Morgan fingerprint density at radius 2 is 0.758 bits per heavy atom. The minimum absolute atomic E-state index is 0.322. The van der Waals surface area contributed by atoms with Gasteiger partial charge in [0.15, 0.2) is 0 Å². The Labute approximate surface area is 206 Å². The van der Waals surface area contributed by atoms with Crippen molar-refractivity contribution in [2.75, 3.05) is 0 Å². The summed E-state index contributed by atoms with van der Waals surface area (Å²) in [6, 6.07) is 17.9. The van der Waals surface area contributed by atoms with Gasteiger partial charge in [0.2, 0.25) is 0 Å². The molecule has 2 aromatic rings. The first-order valence-electron chi connectivity index (χ1n) is 14.1. The molecule has 2 rings (SSSR count). The van der Waals surface area contributed by atoms with Crippen molar-refractivity contribution in [1.29, 1.82) is 0 Å². The maximum Gasteiger partial charge on any atom is 0.115 e. The predicted molar refractivity (Wildman–Crippen MR) is 147 cm³/mol. The van der Waals surface area contributed by atoms with Crippen molar-refractivity contribution in [1.82, 2.24) is 0 Å². The molecule has 0 amide bonds. The van der Waals surface area contributed by atoms with Crippen LogP contribution in [0.1, 0.15) is 128 Å². The highest BCUT2D eigenvalue weighted by Gasteiger charge is 2.02. The summed E-state index contributed by atoms with van der Waals surface area (Å²) in [4.78, 5) is 0. The molecule has 0 aliphatic rings. The van der Waals surface area contributed by atoms with Crippen molar-refractivity contribution in [2.24, 2.45) is 0 Å². The van der Waals surface area contributed by atoms with Crippen LogP contribution in [-0.4, -0.2) is 5.11 Å². The van der Waals surface area contributed by atoms with Gasteiger partial charge in [-0.3, -0.25) is 0 Å². The second-order valence-electron chi connectivity index (χ2n) is 9.55. The lowest BCUT2D eigenvalue weighted by Gasteiger charge is -2.10. The second kappa shape index (κ2) is 22.1. The second-order valence-corrected chi connectivity index (χ2v) is 9.55. The van der Waals surface area contributed by atoms with Crippen LogP contribution in [0, 0.1) is 0 Å². The first kappa shape index (κ1) is 29.3. The van der Waals surface area contributed by atoms with Crippen LogP contribution in [-0.2, 0) is 12.8 Å². The zero-order valence-corrected chi connectivity index (χ0v) is 21.9. The lowest BCUT2D eigenvalue weighted by atomic mass is 9.96. The molecule has 186 valence electrons. The summed E-state index contributed by atoms with van der Waals surface area (Å²) in [6.07, 6.45) is 25.3. The largest absolute Gasteiger partial charge is 0.508 e. The maximum absolute atomic E-state index is 8.63. The number of hydrogen-bond donors (Lipinski definition) is 1. The number of unbranched alkanes of at least 4 members (excludes halogenated alkanes) is 14. The van der Waals surface area contributed by atoms with Crippen molar-refractivity contribution in [3.05, 3.63) is 65.7 Å². The summed E-state index contributed by atoms with van der Waals surface area (Å²) in [5.41, 5.74) is 3.25. The molecule has 0 spiro atoms. The van der Waals surface area contributed by atoms with Gasteiger partial charge in [-0.05, 0) is 48.9 Å². The fraction of sp³-hybridized carbons (Fsp3) is 0.625. The van der Waals surface area contributed by atoms with E-state index in [4.69, 9.17) is 5.11 Å². The third-order valence-corrected chi connectivity index (χ3v) is 6.47. The monoisotopic (exact) mass is 452 g/mol. The number of hydrogen-bond acceptors (Lipinski definition) is 1. The van der Waals surface area contributed by atoms with E-state index in [0.29, 0.717) is 5.75 Å². The van der Waals surface area contributed by atoms with Crippen LogP contribution in [0.3, 0.4) is 0 Å². The van der Waals surface area contributed by atoms with Gasteiger partial charge in [0, 0.05) is 0 Å². The standard InChI is InChI=1S/C26H46.C6H6O/c1-3-5-7-9-11-13-15-17-21-25-23-19-20-24-26(25)22-18-16-14-12-10-8-6-4-2;7-6-4-2-1-3-5-6/h19-20,23-24H,3-18,21-22H2,1-2H3;1-5,7H. The van der Waals surface area contributed by atoms with Gasteiger partial charge in [-0.15, -0.1) is 0 Å². The fourth-order valence-corrected chi connectivity index (χ4v) is 4.37. The van der Waals surface area contributed by atoms with E-state index in [2.05, 4.69) is 38.1 Å². The van der Waals surface area contributed by atoms with Crippen molar-refractivity contribution < 1.29 is 5.11 Å². The summed E-state index contributed by atoms with van der Waals surface area (Å²) >= 11 is 0. The van der Waals surface area contributed by atoms with Crippen molar-refractivity contribution in [3.8, 4) is 5.75 Å². The van der Waals surface area contributed by atoms with Crippen molar-refractivity contribution in [3.63, 3.8) is 0 Å². The zero-order valence-electron chi connectivity index (χ0n) is 21.9. The van der Waals surface area contributed by atoms with Crippen LogP contribution in [0.2, 0.25) is 0 Å². The molecule has 0 radical (unpaired) electrons. The Morgan fingerprint density at radius 3 is 1.09 bits per heavy atom. The normalized spacial score (nSPS) is 10.6. The van der Waals surface area contributed by atoms with Crippen LogP contribution in [0.15, 0.2) is 54.6 Å². The number of rotatable bonds is 18.